The summed E-state index contributed by atoms with van der Waals surface area (Å²) in [6.07, 6.45) is 0. The fourth-order valence-electron chi connectivity index (χ4n) is 1.44. The second kappa shape index (κ2) is 4.06. The fraction of sp³-hybridized carbons (Fsp3) is 0.625. The fourth-order valence-corrected chi connectivity index (χ4v) is 1.55. The maximum Gasteiger partial charge on any atom is 0.318 e. The highest BCUT2D eigenvalue weighted by atomic mass is 35.5. The Kier molecular flexibility index (Phi) is 2.77. The Bertz CT molecular complexity index is 361. The average Bonchev–Trinajstić information content (AvgIpc) is 2.58. The van der Waals surface area contributed by atoms with Gasteiger partial charge in [0.15, 0.2) is 0 Å². The van der Waals surface area contributed by atoms with E-state index in [1.165, 1.54) is 6.92 Å². The van der Waals surface area contributed by atoms with Gasteiger partial charge in [0.2, 0.25) is 11.8 Å². The molecule has 15 heavy (non-hydrogen) atoms. The van der Waals surface area contributed by atoms with Gasteiger partial charge in [0.25, 0.3) is 0 Å². The lowest BCUT2D eigenvalue weighted by Gasteiger charge is -2.37. The second-order valence-corrected chi connectivity index (χ2v) is 3.68. The van der Waals surface area contributed by atoms with Gasteiger partial charge in [-0.25, -0.2) is 0 Å². The van der Waals surface area contributed by atoms with Crippen molar-refractivity contribution in [2.45, 2.75) is 18.8 Å². The summed E-state index contributed by atoms with van der Waals surface area (Å²) in [5.41, 5.74) is 0. The smallest absolute Gasteiger partial charge is 0.318 e. The van der Waals surface area contributed by atoms with E-state index in [9.17, 15) is 4.79 Å². The van der Waals surface area contributed by atoms with Crippen LogP contribution in [-0.4, -0.2) is 35.2 Å². The zero-order valence-electron chi connectivity index (χ0n) is 8.23. The minimum absolute atomic E-state index is 0.0216. The SMILES string of the molecule is CC(=O)NC1CN(c2nnc(CCl)o2)C1. The third-order valence-corrected chi connectivity index (χ3v) is 2.36. The number of nitrogens with one attached hydrogen (secondary N) is 1. The van der Waals surface area contributed by atoms with Gasteiger partial charge in [0.1, 0.15) is 5.88 Å². The van der Waals surface area contributed by atoms with E-state index in [1.54, 1.807) is 0 Å². The van der Waals surface area contributed by atoms with Crippen molar-refractivity contribution < 1.29 is 9.21 Å². The van der Waals surface area contributed by atoms with Gasteiger partial charge in [-0.3, -0.25) is 4.79 Å². The Morgan fingerprint density at radius 3 is 2.93 bits per heavy atom. The summed E-state index contributed by atoms with van der Waals surface area (Å²) in [6, 6.07) is 0.640. The molecule has 0 spiro atoms. The first kappa shape index (κ1) is 10.2. The topological polar surface area (TPSA) is 71.3 Å². The Hall–Kier alpha value is -1.30. The van der Waals surface area contributed by atoms with Gasteiger partial charge in [-0.1, -0.05) is 5.10 Å². The van der Waals surface area contributed by atoms with Crippen LogP contribution in [0.2, 0.25) is 0 Å². The molecule has 0 saturated carbocycles. The molecule has 7 heteroatoms. The van der Waals surface area contributed by atoms with Gasteiger partial charge >= 0.3 is 6.01 Å². The van der Waals surface area contributed by atoms with Crippen LogP contribution in [0.15, 0.2) is 4.42 Å². The molecule has 1 fully saturated rings. The minimum atomic E-state index is -0.0216. The molecule has 82 valence electrons. The van der Waals surface area contributed by atoms with E-state index in [-0.39, 0.29) is 17.8 Å². The summed E-state index contributed by atoms with van der Waals surface area (Å²) >= 11 is 5.53. The molecular formula is C8H11ClN4O2. The number of nitrogens with zero attached hydrogens (tertiary/aromatic N) is 3. The van der Waals surface area contributed by atoms with Crippen molar-refractivity contribution in [3.63, 3.8) is 0 Å². The minimum Gasteiger partial charge on any atom is -0.407 e. The van der Waals surface area contributed by atoms with E-state index >= 15 is 0 Å². The molecule has 1 amide bonds. The van der Waals surface area contributed by atoms with Crippen molar-refractivity contribution >= 4 is 23.5 Å². The van der Waals surface area contributed by atoms with Gasteiger partial charge in [-0.2, -0.15) is 0 Å². The highest BCUT2D eigenvalue weighted by molar-refractivity contribution is 6.16. The van der Waals surface area contributed by atoms with E-state index in [1.807, 2.05) is 4.90 Å². The molecule has 0 aliphatic carbocycles. The molecule has 1 aromatic heterocycles. The highest BCUT2D eigenvalue weighted by Gasteiger charge is 2.30. The van der Waals surface area contributed by atoms with Gasteiger partial charge < -0.3 is 14.6 Å². The van der Waals surface area contributed by atoms with Crippen molar-refractivity contribution in [1.82, 2.24) is 15.5 Å². The standard InChI is InChI=1S/C8H11ClN4O2/c1-5(14)10-6-3-13(4-6)8-12-11-7(2-9)15-8/h6H,2-4H2,1H3,(H,10,14). The van der Waals surface area contributed by atoms with Crippen molar-refractivity contribution in [3.05, 3.63) is 5.89 Å². The molecule has 2 heterocycles. The maximum atomic E-state index is 10.7. The van der Waals surface area contributed by atoms with Crippen LogP contribution in [0.4, 0.5) is 6.01 Å². The summed E-state index contributed by atoms with van der Waals surface area (Å²) in [4.78, 5) is 12.6. The summed E-state index contributed by atoms with van der Waals surface area (Å²) in [6.45, 7) is 2.90. The largest absolute Gasteiger partial charge is 0.407 e. The number of alkyl halides is 1. The molecule has 1 aromatic rings. The first-order valence-electron chi connectivity index (χ1n) is 4.59. The Balaban J connectivity index is 1.86. The maximum absolute atomic E-state index is 10.7. The molecule has 2 rings (SSSR count). The highest BCUT2D eigenvalue weighted by Crippen LogP contribution is 2.19. The first-order valence-corrected chi connectivity index (χ1v) is 5.13. The Morgan fingerprint density at radius 1 is 1.67 bits per heavy atom. The van der Waals surface area contributed by atoms with Gasteiger partial charge in [0.05, 0.1) is 6.04 Å². The van der Waals surface area contributed by atoms with Gasteiger partial charge in [-0.05, 0) is 0 Å². The van der Waals surface area contributed by atoms with Crippen molar-refractivity contribution in [1.29, 1.82) is 0 Å². The number of anilines is 1. The zero-order valence-corrected chi connectivity index (χ0v) is 8.99. The third-order valence-electron chi connectivity index (χ3n) is 2.13. The number of rotatable bonds is 3. The lowest BCUT2D eigenvalue weighted by atomic mass is 10.1. The van der Waals surface area contributed by atoms with Crippen LogP contribution in [0.25, 0.3) is 0 Å². The van der Waals surface area contributed by atoms with Crippen LogP contribution in [0.1, 0.15) is 12.8 Å². The first-order chi connectivity index (χ1) is 7.19. The Labute approximate surface area is 91.6 Å². The average molecular weight is 231 g/mol. The van der Waals surface area contributed by atoms with E-state index < -0.39 is 0 Å². The van der Waals surface area contributed by atoms with Gasteiger partial charge in [-0.15, -0.1) is 16.7 Å². The number of halogens is 1. The number of carbonyl (C=O) groups excluding carboxylic acids is 1. The van der Waals surface area contributed by atoms with Crippen molar-refractivity contribution in [2.24, 2.45) is 0 Å². The lowest BCUT2D eigenvalue weighted by Crippen LogP contribution is -2.59. The van der Waals surface area contributed by atoms with Crippen LogP contribution in [0.3, 0.4) is 0 Å². The number of carbonyl (C=O) groups is 1. The molecule has 1 aliphatic heterocycles. The van der Waals surface area contributed by atoms with E-state index in [0.29, 0.717) is 25.0 Å². The molecule has 0 atom stereocenters. The molecule has 0 aromatic carbocycles. The number of hydrogen-bond acceptors (Lipinski definition) is 5. The van der Waals surface area contributed by atoms with Crippen LogP contribution < -0.4 is 10.2 Å². The molecule has 0 bridgehead atoms. The van der Waals surface area contributed by atoms with Crippen LogP contribution >= 0.6 is 11.6 Å². The van der Waals surface area contributed by atoms with E-state index in [4.69, 9.17) is 16.0 Å². The molecule has 1 N–H and O–H groups in total. The van der Waals surface area contributed by atoms with Crippen molar-refractivity contribution in [3.8, 4) is 0 Å². The lowest BCUT2D eigenvalue weighted by molar-refractivity contribution is -0.119. The van der Waals surface area contributed by atoms with E-state index in [2.05, 4.69) is 15.5 Å². The monoisotopic (exact) mass is 230 g/mol. The third kappa shape index (κ3) is 2.20. The summed E-state index contributed by atoms with van der Waals surface area (Å²) in [5, 5.41) is 10.4. The quantitative estimate of drug-likeness (QED) is 0.748. The molecule has 6 nitrogen and oxygen atoms in total. The van der Waals surface area contributed by atoms with Crippen molar-refractivity contribution in [2.75, 3.05) is 18.0 Å². The molecule has 0 unspecified atom stereocenters. The van der Waals surface area contributed by atoms with Gasteiger partial charge in [0, 0.05) is 20.0 Å². The summed E-state index contributed by atoms with van der Waals surface area (Å²) in [7, 11) is 0. The molecule has 0 radical (unpaired) electrons. The van der Waals surface area contributed by atoms with Crippen LogP contribution in [-0.2, 0) is 10.7 Å². The molecular weight excluding hydrogens is 220 g/mol. The second-order valence-electron chi connectivity index (χ2n) is 3.41. The zero-order chi connectivity index (χ0) is 10.8. The molecule has 1 saturated heterocycles. The number of aromatic nitrogens is 2. The van der Waals surface area contributed by atoms with Crippen LogP contribution in [0, 0.1) is 0 Å². The summed E-state index contributed by atoms with van der Waals surface area (Å²) in [5.74, 6) is 0.608. The summed E-state index contributed by atoms with van der Waals surface area (Å²) < 4.78 is 5.25. The van der Waals surface area contributed by atoms with E-state index in [0.717, 1.165) is 0 Å². The van der Waals surface area contributed by atoms with Crippen LogP contribution in [0.5, 0.6) is 0 Å². The Morgan fingerprint density at radius 2 is 2.40 bits per heavy atom. The predicted molar refractivity (Wildman–Crippen MR) is 53.7 cm³/mol. The normalized spacial score (nSPS) is 16.3. The number of amides is 1. The predicted octanol–water partition coefficient (Wildman–Crippen LogP) is 0.133. The molecule has 1 aliphatic rings. The number of hydrogen-bond donors (Lipinski definition) is 1.